The number of thioether (sulfide) groups is 1. The van der Waals surface area contributed by atoms with Crippen LogP contribution in [0.3, 0.4) is 0 Å². The minimum atomic E-state index is 0.624. The minimum absolute atomic E-state index is 0.624. The summed E-state index contributed by atoms with van der Waals surface area (Å²) in [7, 11) is 0. The van der Waals surface area contributed by atoms with Gasteiger partial charge in [0, 0.05) is 15.1 Å². The van der Waals surface area contributed by atoms with E-state index in [4.69, 9.17) is 4.74 Å². The first-order valence-corrected chi connectivity index (χ1v) is 14.5. The molecule has 11 heteroatoms. The molecule has 1 nitrogen and oxygen atoms in total. The molecular weight excluding hydrogens is 947 g/mol. The molecule has 140 valence electrons. The van der Waals surface area contributed by atoms with Gasteiger partial charge in [-0.05, 0) is 143 Å². The van der Waals surface area contributed by atoms with E-state index in [9.17, 15) is 0 Å². The monoisotopic (exact) mass is 943 g/mol. The summed E-state index contributed by atoms with van der Waals surface area (Å²) < 4.78 is 13.8. The number of hydrogen-bond donors (Lipinski definition) is 0. The number of hydrogen-bond acceptors (Lipinski definition) is 2. The highest BCUT2D eigenvalue weighted by atomic mass is 79.9. The molecule has 0 spiro atoms. The predicted molar refractivity (Wildman–Crippen MR) is 143 cm³/mol. The van der Waals surface area contributed by atoms with Crippen molar-refractivity contribution < 1.29 is 4.74 Å². The van der Waals surface area contributed by atoms with Gasteiger partial charge in [-0.25, -0.2) is 0 Å². The molecule has 0 aliphatic heterocycles. The van der Waals surface area contributed by atoms with Crippen molar-refractivity contribution in [2.45, 2.75) is 4.90 Å². The maximum Gasteiger partial charge on any atom is 0.158 e. The first kappa shape index (κ1) is 24.9. The third-order valence-corrected chi connectivity index (χ3v) is 14.7. The number of ether oxygens (including phenoxy) is 1. The van der Waals surface area contributed by atoms with Crippen LogP contribution in [0, 0.1) is 0 Å². The lowest BCUT2D eigenvalue weighted by Gasteiger charge is -2.19. The Balaban J connectivity index is 2.64. The number of benzene rings is 2. The zero-order chi connectivity index (χ0) is 19.8. The molecule has 0 radical (unpaired) electrons. The zero-order valence-electron chi connectivity index (χ0n) is 12.2. The fourth-order valence-corrected chi connectivity index (χ4v) is 8.83. The fraction of sp³-hybridized carbons (Fsp3) is 0.0667. The highest BCUT2D eigenvalue weighted by Crippen LogP contribution is 2.54. The molecule has 2 rings (SSSR count). The van der Waals surface area contributed by atoms with Crippen LogP contribution < -0.4 is 4.74 Å². The maximum atomic E-state index is 6.28. The van der Waals surface area contributed by atoms with Crippen LogP contribution >= 0.6 is 155 Å². The topological polar surface area (TPSA) is 9.23 Å². The van der Waals surface area contributed by atoms with Crippen molar-refractivity contribution in [3.05, 3.63) is 52.9 Å². The molecule has 2 aromatic rings. The summed E-state index contributed by atoms with van der Waals surface area (Å²) in [6.45, 7) is 3.77. The first-order chi connectivity index (χ1) is 12.1. The van der Waals surface area contributed by atoms with Crippen LogP contribution in [0.5, 0.6) is 11.5 Å². The van der Waals surface area contributed by atoms with Crippen molar-refractivity contribution in [3.63, 3.8) is 0 Å². The lowest BCUT2D eigenvalue weighted by molar-refractivity contribution is 0.468. The maximum absolute atomic E-state index is 6.28. The van der Waals surface area contributed by atoms with Gasteiger partial charge in [0.25, 0.3) is 0 Å². The normalized spacial score (nSPS) is 11.0. The van der Waals surface area contributed by atoms with Gasteiger partial charge in [-0.15, -0.1) is 18.3 Å². The molecule has 0 fully saturated rings. The Morgan fingerprint density at radius 3 is 1.35 bits per heavy atom. The van der Waals surface area contributed by atoms with Crippen molar-refractivity contribution in [3.8, 4) is 11.5 Å². The highest BCUT2D eigenvalue weighted by molar-refractivity contribution is 9.16. The summed E-state index contributed by atoms with van der Waals surface area (Å²) in [6, 6.07) is 0. The van der Waals surface area contributed by atoms with Gasteiger partial charge in [0.05, 0.1) is 35.8 Å². The Hall–Kier alpha value is 2.65. The lowest BCUT2D eigenvalue weighted by atomic mass is 10.3. The Labute approximate surface area is 231 Å². The third kappa shape index (κ3) is 5.10. The molecule has 26 heavy (non-hydrogen) atoms. The van der Waals surface area contributed by atoms with Gasteiger partial charge in [0.2, 0.25) is 0 Å². The van der Waals surface area contributed by atoms with Crippen LogP contribution in [0.2, 0.25) is 0 Å². The molecule has 0 heterocycles. The van der Waals surface area contributed by atoms with Crippen LogP contribution in [-0.4, -0.2) is 5.75 Å². The van der Waals surface area contributed by atoms with Gasteiger partial charge in [0.1, 0.15) is 0 Å². The number of halogens is 9. The van der Waals surface area contributed by atoms with Crippen LogP contribution in [0.15, 0.2) is 57.8 Å². The lowest BCUT2D eigenvalue weighted by Crippen LogP contribution is -1.95. The molecule has 0 aliphatic carbocycles. The minimum Gasteiger partial charge on any atom is -0.452 e. The summed E-state index contributed by atoms with van der Waals surface area (Å²) in [5, 5.41) is 0. The van der Waals surface area contributed by atoms with Crippen molar-refractivity contribution >= 4 is 155 Å². The van der Waals surface area contributed by atoms with E-state index >= 15 is 0 Å². The number of rotatable bonds is 5. The van der Waals surface area contributed by atoms with Gasteiger partial charge in [-0.2, -0.15) is 0 Å². The summed E-state index contributed by atoms with van der Waals surface area (Å²) in [4.78, 5) is 1.05. The van der Waals surface area contributed by atoms with E-state index < -0.39 is 0 Å². The second kappa shape index (κ2) is 10.8. The molecule has 0 aliphatic rings. The Morgan fingerprint density at radius 1 is 0.615 bits per heavy atom. The van der Waals surface area contributed by atoms with Gasteiger partial charge in [-0.3, -0.25) is 0 Å². The van der Waals surface area contributed by atoms with Crippen molar-refractivity contribution in [1.82, 2.24) is 0 Å². The first-order valence-electron chi connectivity index (χ1n) is 6.42. The molecule has 0 saturated heterocycles. The van der Waals surface area contributed by atoms with Gasteiger partial charge >= 0.3 is 0 Å². The molecule has 0 bridgehead atoms. The van der Waals surface area contributed by atoms with Gasteiger partial charge in [-0.1, -0.05) is 6.08 Å². The molecule has 0 aromatic heterocycles. The molecular formula is C15H5Br9OS. The summed E-state index contributed by atoms with van der Waals surface area (Å²) >= 11 is 34.1. The second-order valence-electron chi connectivity index (χ2n) is 4.51. The standard InChI is InChI=1S/C15H5Br9OS/c1-2-3-26-15-11(23)9(21)14(10(22)12(15)24)25-13-7(19)5(17)4(16)6(18)8(13)20/h2H,1,3H2. The zero-order valence-corrected chi connectivity index (χ0v) is 27.3. The Morgan fingerprint density at radius 2 is 0.962 bits per heavy atom. The fourth-order valence-electron chi connectivity index (χ4n) is 1.73. The van der Waals surface area contributed by atoms with Crippen LogP contribution in [-0.2, 0) is 0 Å². The summed E-state index contributed by atoms with van der Waals surface area (Å²) in [5.74, 6) is 2.05. The van der Waals surface area contributed by atoms with Gasteiger partial charge < -0.3 is 4.74 Å². The van der Waals surface area contributed by atoms with Crippen LogP contribution in [0.1, 0.15) is 0 Å². The van der Waals surface area contributed by atoms with E-state index in [1.807, 2.05) is 6.08 Å². The van der Waals surface area contributed by atoms with E-state index in [1.54, 1.807) is 11.8 Å². The summed E-state index contributed by atoms with van der Waals surface area (Å²) in [6.07, 6.45) is 1.86. The Bertz CT molecular complexity index is 840. The highest BCUT2D eigenvalue weighted by Gasteiger charge is 2.25. The average Bonchev–Trinajstić information content (AvgIpc) is 2.62. The van der Waals surface area contributed by atoms with Crippen LogP contribution in [0.25, 0.3) is 0 Å². The van der Waals surface area contributed by atoms with E-state index in [2.05, 4.69) is 150 Å². The molecule has 2 aromatic carbocycles. The quantitative estimate of drug-likeness (QED) is 0.128. The van der Waals surface area contributed by atoms with E-state index in [0.717, 1.165) is 50.9 Å². The SMILES string of the molecule is C=CCSc1c(Br)c(Br)c(Oc2c(Br)c(Br)c(Br)c(Br)c2Br)c(Br)c1Br. The second-order valence-corrected chi connectivity index (χ2v) is 12.7. The van der Waals surface area contributed by atoms with E-state index in [-0.39, 0.29) is 0 Å². The smallest absolute Gasteiger partial charge is 0.158 e. The third-order valence-electron chi connectivity index (χ3n) is 2.90. The summed E-state index contributed by atoms with van der Waals surface area (Å²) in [5.41, 5.74) is 0. The predicted octanol–water partition coefficient (Wildman–Crippen LogP) is 11.6. The molecule has 0 N–H and O–H groups in total. The largest absolute Gasteiger partial charge is 0.452 e. The van der Waals surface area contributed by atoms with Crippen molar-refractivity contribution in [2.75, 3.05) is 5.75 Å². The average molecular weight is 952 g/mol. The van der Waals surface area contributed by atoms with E-state index in [1.165, 1.54) is 0 Å². The van der Waals surface area contributed by atoms with Crippen molar-refractivity contribution in [2.24, 2.45) is 0 Å². The van der Waals surface area contributed by atoms with E-state index in [0.29, 0.717) is 11.5 Å². The molecule has 0 unspecified atom stereocenters. The van der Waals surface area contributed by atoms with Gasteiger partial charge in [0.15, 0.2) is 11.5 Å². The Kier molecular flexibility index (Phi) is 10.3. The van der Waals surface area contributed by atoms with Crippen molar-refractivity contribution in [1.29, 1.82) is 0 Å². The van der Waals surface area contributed by atoms with Crippen LogP contribution in [0.4, 0.5) is 0 Å². The molecule has 0 atom stereocenters. The molecule has 0 amide bonds. The molecule has 0 saturated carbocycles.